The lowest BCUT2D eigenvalue weighted by Gasteiger charge is -2.36. The van der Waals surface area contributed by atoms with Crippen LogP contribution in [0, 0.1) is 11.3 Å². The molecule has 1 unspecified atom stereocenters. The first-order valence-corrected chi connectivity index (χ1v) is 18.2. The Bertz CT molecular complexity index is 1500. The van der Waals surface area contributed by atoms with Gasteiger partial charge in [-0.3, -0.25) is 4.79 Å². The summed E-state index contributed by atoms with van der Waals surface area (Å²) in [6.45, 7) is 17.1. The van der Waals surface area contributed by atoms with Gasteiger partial charge in [0, 0.05) is 36.1 Å². The van der Waals surface area contributed by atoms with Crippen LogP contribution in [0.4, 0.5) is 0 Å². The molecule has 1 aliphatic carbocycles. The number of nitrogens with zero attached hydrogens (tertiary/aromatic N) is 4. The molecule has 1 spiro atoms. The Hall–Kier alpha value is -3.06. The van der Waals surface area contributed by atoms with E-state index < -0.39 is 8.32 Å². The van der Waals surface area contributed by atoms with Crippen molar-refractivity contribution < 1.29 is 14.0 Å². The Morgan fingerprint density at radius 2 is 1.93 bits per heavy atom. The predicted octanol–water partition coefficient (Wildman–Crippen LogP) is 6.97. The maximum Gasteiger partial charge on any atom is 0.223 e. The molecule has 0 bridgehead atoms. The van der Waals surface area contributed by atoms with Crippen LogP contribution in [0.15, 0.2) is 36.4 Å². The Kier molecular flexibility index (Phi) is 7.88. The van der Waals surface area contributed by atoms with Crippen molar-refractivity contribution in [1.29, 1.82) is 5.26 Å². The van der Waals surface area contributed by atoms with E-state index in [2.05, 4.69) is 68.3 Å². The zero-order chi connectivity index (χ0) is 29.6. The second kappa shape index (κ2) is 11.0. The summed E-state index contributed by atoms with van der Waals surface area (Å²) in [5.74, 6) is 0.798. The van der Waals surface area contributed by atoms with Gasteiger partial charge in [0.2, 0.25) is 5.91 Å². The third-order valence-electron chi connectivity index (χ3n) is 8.93. The molecule has 2 aliphatic rings. The minimum atomic E-state index is -1.85. The normalized spacial score (nSPS) is 18.8. The molecule has 2 aromatic carbocycles. The quantitative estimate of drug-likeness (QED) is 0.264. The number of hydrogen-bond donors (Lipinski definition) is 0. The second-order valence-corrected chi connectivity index (χ2v) is 18.9. The van der Waals surface area contributed by atoms with Crippen LogP contribution in [0.3, 0.4) is 0 Å². The van der Waals surface area contributed by atoms with Gasteiger partial charge < -0.3 is 14.1 Å². The molecule has 0 saturated carbocycles. The predicted molar refractivity (Wildman–Crippen MR) is 166 cm³/mol. The smallest absolute Gasteiger partial charge is 0.223 e. The number of ether oxygens (including phenoxy) is 1. The van der Waals surface area contributed by atoms with Gasteiger partial charge in [0.25, 0.3) is 0 Å². The Morgan fingerprint density at radius 1 is 1.17 bits per heavy atom. The summed E-state index contributed by atoms with van der Waals surface area (Å²) in [6, 6.07) is 14.2. The highest BCUT2D eigenvalue weighted by Gasteiger charge is 2.48. The molecule has 1 aromatic heterocycles. The molecular formula is C32H40N4O3SSi. The SMILES string of the molecule is CC(C)Oc1ccc(-c2nnc(-c3cccc4c3CCC43CC(=O)N(CCO[Si](C)(C)C(C)(C)C)C3)s2)cc1C#N. The zero-order valence-electron chi connectivity index (χ0n) is 25.2. The second-order valence-electron chi connectivity index (χ2n) is 13.1. The first-order chi connectivity index (χ1) is 19.3. The van der Waals surface area contributed by atoms with Crippen molar-refractivity contribution in [1.82, 2.24) is 15.1 Å². The largest absolute Gasteiger partial charge is 0.490 e. The molecule has 1 fully saturated rings. The topological polar surface area (TPSA) is 88.3 Å². The van der Waals surface area contributed by atoms with Gasteiger partial charge in [0.05, 0.1) is 18.3 Å². The van der Waals surface area contributed by atoms with Gasteiger partial charge in [0.1, 0.15) is 21.8 Å². The fraction of sp³-hybridized carbons (Fsp3) is 0.500. The molecule has 7 nitrogen and oxygen atoms in total. The zero-order valence-corrected chi connectivity index (χ0v) is 27.0. The Labute approximate surface area is 248 Å². The highest BCUT2D eigenvalue weighted by atomic mass is 32.1. The summed E-state index contributed by atoms with van der Waals surface area (Å²) in [7, 11) is -1.85. The number of rotatable bonds is 8. The molecule has 1 aliphatic heterocycles. The summed E-state index contributed by atoms with van der Waals surface area (Å²) >= 11 is 1.53. The van der Waals surface area contributed by atoms with E-state index in [0.29, 0.717) is 30.9 Å². The molecule has 1 atom stereocenters. The van der Waals surface area contributed by atoms with Gasteiger partial charge in [0.15, 0.2) is 8.32 Å². The van der Waals surface area contributed by atoms with Crippen molar-refractivity contribution in [3.8, 4) is 33.0 Å². The number of carbonyl (C=O) groups excluding carboxylic acids is 1. The van der Waals surface area contributed by atoms with E-state index in [4.69, 9.17) is 9.16 Å². The van der Waals surface area contributed by atoms with Crippen LogP contribution >= 0.6 is 11.3 Å². The first kappa shape index (κ1) is 29.4. The van der Waals surface area contributed by atoms with Crippen LogP contribution < -0.4 is 4.74 Å². The van der Waals surface area contributed by atoms with Crippen molar-refractivity contribution >= 4 is 25.6 Å². The molecule has 1 amide bonds. The van der Waals surface area contributed by atoms with Crippen molar-refractivity contribution in [3.63, 3.8) is 0 Å². The summed E-state index contributed by atoms with van der Waals surface area (Å²) in [4.78, 5) is 15.2. The number of benzene rings is 2. The minimum absolute atomic E-state index is 0.0117. The van der Waals surface area contributed by atoms with Crippen LogP contribution in [-0.4, -0.2) is 55.1 Å². The monoisotopic (exact) mass is 588 g/mol. The Morgan fingerprint density at radius 3 is 2.63 bits per heavy atom. The molecule has 5 rings (SSSR count). The van der Waals surface area contributed by atoms with E-state index in [1.165, 1.54) is 22.5 Å². The van der Waals surface area contributed by atoms with E-state index in [1.54, 1.807) is 0 Å². The lowest BCUT2D eigenvalue weighted by Crippen LogP contribution is -2.43. The van der Waals surface area contributed by atoms with E-state index in [0.717, 1.165) is 40.5 Å². The fourth-order valence-corrected chi connectivity index (χ4v) is 7.63. The van der Waals surface area contributed by atoms with Gasteiger partial charge in [-0.1, -0.05) is 50.3 Å². The first-order valence-electron chi connectivity index (χ1n) is 14.4. The van der Waals surface area contributed by atoms with Crippen LogP contribution in [0.1, 0.15) is 64.2 Å². The van der Waals surface area contributed by atoms with Crippen LogP contribution in [-0.2, 0) is 21.1 Å². The molecule has 41 heavy (non-hydrogen) atoms. The van der Waals surface area contributed by atoms with Gasteiger partial charge in [-0.2, -0.15) is 5.26 Å². The number of hydrogen-bond acceptors (Lipinski definition) is 7. The third-order valence-corrected chi connectivity index (χ3v) is 14.5. The van der Waals surface area contributed by atoms with Gasteiger partial charge >= 0.3 is 0 Å². The molecule has 2 heterocycles. The summed E-state index contributed by atoms with van der Waals surface area (Å²) in [5, 5.41) is 20.5. The van der Waals surface area contributed by atoms with Crippen LogP contribution in [0.2, 0.25) is 18.1 Å². The van der Waals surface area contributed by atoms with Gasteiger partial charge in [-0.05, 0) is 74.1 Å². The number of nitriles is 1. The highest BCUT2D eigenvalue weighted by molar-refractivity contribution is 7.17. The molecular weight excluding hydrogens is 549 g/mol. The molecule has 216 valence electrons. The van der Waals surface area contributed by atoms with Crippen molar-refractivity contribution in [2.75, 3.05) is 19.7 Å². The van der Waals surface area contributed by atoms with E-state index >= 15 is 0 Å². The van der Waals surface area contributed by atoms with Gasteiger partial charge in [-0.15, -0.1) is 10.2 Å². The minimum Gasteiger partial charge on any atom is -0.490 e. The molecule has 0 radical (unpaired) electrons. The standard InChI is InChI=1S/C32H40N4O3SSi/c1-21(2)39-27-12-11-22(17-23(27)19-33)29-34-35-30(40-29)25-9-8-10-26-24(25)13-14-32(26)18-28(37)36(20-32)15-16-38-41(6,7)31(3,4)5/h8-12,17,21H,13-16,18,20H2,1-7H3. The van der Waals surface area contributed by atoms with Crippen LogP contribution in [0.25, 0.3) is 21.1 Å². The fourth-order valence-electron chi connectivity index (χ4n) is 5.70. The molecule has 1 saturated heterocycles. The maximum atomic E-state index is 13.2. The number of likely N-dealkylation sites (tertiary alicyclic amines) is 1. The number of carbonyl (C=O) groups is 1. The van der Waals surface area contributed by atoms with E-state index in [9.17, 15) is 10.1 Å². The number of aromatic nitrogens is 2. The summed E-state index contributed by atoms with van der Waals surface area (Å²) < 4.78 is 12.2. The number of fused-ring (bicyclic) bond motifs is 2. The summed E-state index contributed by atoms with van der Waals surface area (Å²) in [5.41, 5.74) is 4.83. The van der Waals surface area contributed by atoms with E-state index in [-0.39, 0.29) is 22.5 Å². The van der Waals surface area contributed by atoms with Gasteiger partial charge in [-0.25, -0.2) is 0 Å². The van der Waals surface area contributed by atoms with Crippen LogP contribution in [0.5, 0.6) is 5.75 Å². The Balaban J connectivity index is 1.35. The lowest BCUT2D eigenvalue weighted by molar-refractivity contribution is -0.128. The molecule has 9 heteroatoms. The number of amides is 1. The molecule has 3 aromatic rings. The van der Waals surface area contributed by atoms with Crippen molar-refractivity contribution in [2.45, 2.75) is 83.5 Å². The van der Waals surface area contributed by atoms with E-state index in [1.807, 2.05) is 36.9 Å². The summed E-state index contributed by atoms with van der Waals surface area (Å²) in [6.07, 6.45) is 2.41. The van der Waals surface area contributed by atoms with Crippen molar-refractivity contribution in [3.05, 3.63) is 53.1 Å². The highest BCUT2D eigenvalue weighted by Crippen LogP contribution is 2.49. The van der Waals surface area contributed by atoms with Crippen molar-refractivity contribution in [2.24, 2.45) is 0 Å². The lowest BCUT2D eigenvalue weighted by atomic mass is 9.80. The maximum absolute atomic E-state index is 13.2. The third kappa shape index (κ3) is 5.70. The molecule has 0 N–H and O–H groups in total. The average Bonchev–Trinajstić information content (AvgIpc) is 3.61. The average molecular weight is 589 g/mol.